The van der Waals surface area contributed by atoms with Crippen molar-refractivity contribution in [3.05, 3.63) is 41.6 Å². The van der Waals surface area contributed by atoms with E-state index in [2.05, 4.69) is 39.2 Å². The van der Waals surface area contributed by atoms with Gasteiger partial charge in [-0.3, -0.25) is 0 Å². The van der Waals surface area contributed by atoms with Gasteiger partial charge in [0.05, 0.1) is 6.54 Å². The minimum atomic E-state index is 0.311. The fourth-order valence-electron chi connectivity index (χ4n) is 3.72. The fraction of sp³-hybridized carbons (Fsp3) is 0.500. The number of imidazole rings is 1. The molecule has 1 fully saturated rings. The third-order valence-electron chi connectivity index (χ3n) is 5.20. The van der Waals surface area contributed by atoms with Crippen molar-refractivity contribution in [3.63, 3.8) is 0 Å². The Morgan fingerprint density at radius 3 is 2.81 bits per heavy atom. The van der Waals surface area contributed by atoms with Gasteiger partial charge in [0, 0.05) is 50.2 Å². The Morgan fingerprint density at radius 1 is 1.22 bits per heavy atom. The summed E-state index contributed by atoms with van der Waals surface area (Å²) in [7, 11) is 2.04. The summed E-state index contributed by atoms with van der Waals surface area (Å²) in [4.78, 5) is 15.1. The molecule has 1 saturated heterocycles. The number of rotatable bonds is 4. The lowest BCUT2D eigenvalue weighted by atomic mass is 9.97. The number of nitrogen functional groups attached to an aromatic ring is 1. The molecule has 0 bridgehead atoms. The minimum absolute atomic E-state index is 0.311. The number of anilines is 2. The number of nitrogens with two attached hydrogens (primary N) is 1. The summed E-state index contributed by atoms with van der Waals surface area (Å²) in [5.74, 6) is 4.45. The van der Waals surface area contributed by atoms with Crippen LogP contribution in [0.1, 0.15) is 41.9 Å². The van der Waals surface area contributed by atoms with Crippen molar-refractivity contribution in [1.29, 1.82) is 0 Å². The molecule has 2 N–H and O–H groups in total. The van der Waals surface area contributed by atoms with Gasteiger partial charge in [-0.25, -0.2) is 9.97 Å². The summed E-state index contributed by atoms with van der Waals surface area (Å²) >= 11 is 0. The van der Waals surface area contributed by atoms with E-state index in [1.165, 1.54) is 0 Å². The zero-order valence-corrected chi connectivity index (χ0v) is 16.0. The second-order valence-electron chi connectivity index (χ2n) is 7.15. The van der Waals surface area contributed by atoms with Crippen LogP contribution in [0.15, 0.2) is 18.5 Å². The summed E-state index contributed by atoms with van der Waals surface area (Å²) < 4.78 is 4.20. The minimum Gasteiger partial charge on any atom is -0.368 e. The normalized spacial score (nSPS) is 17.4. The van der Waals surface area contributed by atoms with E-state index in [9.17, 15) is 0 Å². The summed E-state index contributed by atoms with van der Waals surface area (Å²) in [5, 5.41) is 8.94. The van der Waals surface area contributed by atoms with Crippen LogP contribution in [0.25, 0.3) is 0 Å². The van der Waals surface area contributed by atoms with E-state index in [-0.39, 0.29) is 0 Å². The van der Waals surface area contributed by atoms with E-state index < -0.39 is 0 Å². The highest BCUT2D eigenvalue weighted by atomic mass is 15.3. The van der Waals surface area contributed by atoms with Gasteiger partial charge in [-0.05, 0) is 26.7 Å². The molecule has 0 aliphatic carbocycles. The summed E-state index contributed by atoms with van der Waals surface area (Å²) in [6.07, 6.45) is 5.94. The molecule has 9 heteroatoms. The molecule has 4 rings (SSSR count). The van der Waals surface area contributed by atoms with Crippen molar-refractivity contribution < 1.29 is 0 Å². The third kappa shape index (κ3) is 3.49. The number of hydrogen-bond donors (Lipinski definition) is 1. The summed E-state index contributed by atoms with van der Waals surface area (Å²) in [6, 6.07) is 1.99. The maximum atomic E-state index is 5.83. The van der Waals surface area contributed by atoms with Crippen LogP contribution in [-0.2, 0) is 13.6 Å². The number of hydrogen-bond acceptors (Lipinski definition) is 7. The average Bonchev–Trinajstić information content (AvgIpc) is 3.21. The molecule has 0 aromatic carbocycles. The fourth-order valence-corrected chi connectivity index (χ4v) is 3.72. The Morgan fingerprint density at radius 2 is 2.07 bits per heavy atom. The Kier molecular flexibility index (Phi) is 4.51. The highest BCUT2D eigenvalue weighted by Crippen LogP contribution is 2.29. The van der Waals surface area contributed by atoms with E-state index >= 15 is 0 Å². The molecular formula is C18H25N9. The SMILES string of the molecule is Cc1cc(N2CCC[C@@H](c3nnc(Cn4ccnc4C)n3C)C2)nc(N)n1. The highest BCUT2D eigenvalue weighted by molar-refractivity contribution is 5.44. The number of piperidine rings is 1. The molecule has 0 radical (unpaired) electrons. The van der Waals surface area contributed by atoms with Gasteiger partial charge in [-0.2, -0.15) is 4.98 Å². The maximum Gasteiger partial charge on any atom is 0.222 e. The third-order valence-corrected chi connectivity index (χ3v) is 5.20. The lowest BCUT2D eigenvalue weighted by Crippen LogP contribution is -2.36. The number of aryl methyl sites for hydroxylation is 2. The molecule has 142 valence electrons. The smallest absolute Gasteiger partial charge is 0.222 e. The monoisotopic (exact) mass is 367 g/mol. The van der Waals surface area contributed by atoms with Crippen LogP contribution in [-0.4, -0.2) is 47.4 Å². The van der Waals surface area contributed by atoms with Crippen molar-refractivity contribution in [2.75, 3.05) is 23.7 Å². The first-order chi connectivity index (χ1) is 13.0. The van der Waals surface area contributed by atoms with Crippen molar-refractivity contribution >= 4 is 11.8 Å². The van der Waals surface area contributed by atoms with Crippen molar-refractivity contribution in [1.82, 2.24) is 34.3 Å². The standard InChI is InChI=1S/C18H25N9/c1-12-9-15(22-18(19)21-12)27-7-4-5-14(10-27)17-24-23-16(25(17)3)11-26-8-6-20-13(26)2/h6,8-9,14H,4-5,7,10-11H2,1-3H3,(H2,19,21,22)/t14-/m1/s1. The van der Waals surface area contributed by atoms with Gasteiger partial charge >= 0.3 is 0 Å². The number of aromatic nitrogens is 7. The van der Waals surface area contributed by atoms with Crippen LogP contribution in [0.4, 0.5) is 11.8 Å². The van der Waals surface area contributed by atoms with Gasteiger partial charge in [-0.15, -0.1) is 10.2 Å². The topological polar surface area (TPSA) is 104 Å². The predicted octanol–water partition coefficient (Wildman–Crippen LogP) is 1.43. The molecule has 1 aliphatic rings. The quantitative estimate of drug-likeness (QED) is 0.744. The summed E-state index contributed by atoms with van der Waals surface area (Å²) in [6.45, 7) is 6.42. The van der Waals surface area contributed by atoms with Crippen molar-refractivity contribution in [3.8, 4) is 0 Å². The van der Waals surface area contributed by atoms with E-state index in [4.69, 9.17) is 5.73 Å². The first-order valence-corrected chi connectivity index (χ1v) is 9.23. The van der Waals surface area contributed by atoms with Crippen molar-refractivity contribution in [2.45, 2.75) is 39.2 Å². The zero-order valence-electron chi connectivity index (χ0n) is 16.0. The van der Waals surface area contributed by atoms with E-state index in [1.807, 2.05) is 33.2 Å². The molecule has 0 unspecified atom stereocenters. The molecule has 1 aliphatic heterocycles. The van der Waals surface area contributed by atoms with E-state index in [0.717, 1.165) is 54.9 Å². The molecule has 0 spiro atoms. The molecule has 0 amide bonds. The highest BCUT2D eigenvalue weighted by Gasteiger charge is 2.27. The Labute approximate surface area is 158 Å². The van der Waals surface area contributed by atoms with Crippen LogP contribution in [0.5, 0.6) is 0 Å². The second kappa shape index (κ2) is 6.98. The van der Waals surface area contributed by atoms with Crippen LogP contribution in [0.2, 0.25) is 0 Å². The van der Waals surface area contributed by atoms with Gasteiger partial charge in [0.25, 0.3) is 0 Å². The molecule has 27 heavy (non-hydrogen) atoms. The van der Waals surface area contributed by atoms with Crippen LogP contribution in [0.3, 0.4) is 0 Å². The summed E-state index contributed by atoms with van der Waals surface area (Å²) in [5.41, 5.74) is 6.72. The zero-order chi connectivity index (χ0) is 19.0. The largest absolute Gasteiger partial charge is 0.368 e. The first kappa shape index (κ1) is 17.4. The van der Waals surface area contributed by atoms with Crippen LogP contribution < -0.4 is 10.6 Å². The predicted molar refractivity (Wildman–Crippen MR) is 102 cm³/mol. The lowest BCUT2D eigenvalue weighted by Gasteiger charge is -2.33. The van der Waals surface area contributed by atoms with E-state index in [0.29, 0.717) is 18.4 Å². The Balaban J connectivity index is 1.54. The maximum absolute atomic E-state index is 5.83. The molecule has 3 aromatic heterocycles. The van der Waals surface area contributed by atoms with Gasteiger partial charge in [0.1, 0.15) is 17.5 Å². The molecule has 1 atom stereocenters. The van der Waals surface area contributed by atoms with Gasteiger partial charge in [0.15, 0.2) is 5.82 Å². The molecular weight excluding hydrogens is 342 g/mol. The van der Waals surface area contributed by atoms with E-state index in [1.54, 1.807) is 6.20 Å². The molecule has 4 heterocycles. The van der Waals surface area contributed by atoms with Gasteiger partial charge < -0.3 is 19.8 Å². The van der Waals surface area contributed by atoms with Gasteiger partial charge in [-0.1, -0.05) is 0 Å². The Bertz CT molecular complexity index is 922. The first-order valence-electron chi connectivity index (χ1n) is 9.23. The second-order valence-corrected chi connectivity index (χ2v) is 7.15. The lowest BCUT2D eigenvalue weighted by molar-refractivity contribution is 0.475. The molecule has 9 nitrogen and oxygen atoms in total. The Hall–Kier alpha value is -2.97. The van der Waals surface area contributed by atoms with Gasteiger partial charge in [0.2, 0.25) is 5.95 Å². The number of nitrogens with zero attached hydrogens (tertiary/aromatic N) is 8. The van der Waals surface area contributed by atoms with Crippen molar-refractivity contribution in [2.24, 2.45) is 7.05 Å². The van der Waals surface area contributed by atoms with Crippen LogP contribution in [0, 0.1) is 13.8 Å². The molecule has 0 saturated carbocycles. The molecule has 3 aromatic rings. The average molecular weight is 367 g/mol. The van der Waals surface area contributed by atoms with Crippen LogP contribution >= 0.6 is 0 Å².